The summed E-state index contributed by atoms with van der Waals surface area (Å²) in [7, 11) is 0. The molecule has 0 amide bonds. The average molecular weight is 274 g/mol. The van der Waals surface area contributed by atoms with Crippen LogP contribution in [-0.4, -0.2) is 21.2 Å². The van der Waals surface area contributed by atoms with Crippen LogP contribution in [0.15, 0.2) is 30.5 Å². The molecule has 0 bridgehead atoms. The van der Waals surface area contributed by atoms with Crippen molar-refractivity contribution in [1.82, 2.24) is 14.6 Å². The smallest absolute Gasteiger partial charge is 0.214 e. The first-order valence-corrected chi connectivity index (χ1v) is 6.82. The van der Waals surface area contributed by atoms with Crippen LogP contribution in [0.25, 0.3) is 4.96 Å². The van der Waals surface area contributed by atoms with Gasteiger partial charge in [-0.1, -0.05) is 29.0 Å². The standard InChI is InChI=1S/C13H14N4OS/c1-9-2-4-10(5-3-9)18-7-6-12-16-17-8-11(14)15-13(17)19-12/h2-5,8H,6-7,14H2,1H3. The molecule has 0 unspecified atom stereocenters. The number of aromatic nitrogens is 3. The van der Waals surface area contributed by atoms with E-state index >= 15 is 0 Å². The van der Waals surface area contributed by atoms with E-state index in [1.807, 2.05) is 24.3 Å². The van der Waals surface area contributed by atoms with Crippen LogP contribution in [0.4, 0.5) is 5.82 Å². The molecular weight excluding hydrogens is 260 g/mol. The minimum Gasteiger partial charge on any atom is -0.493 e. The third kappa shape index (κ3) is 2.68. The summed E-state index contributed by atoms with van der Waals surface area (Å²) in [6, 6.07) is 8.03. The van der Waals surface area contributed by atoms with Crippen molar-refractivity contribution in [2.45, 2.75) is 13.3 Å². The first-order chi connectivity index (χ1) is 9.20. The van der Waals surface area contributed by atoms with Crippen LogP contribution in [0.5, 0.6) is 5.75 Å². The third-order valence-electron chi connectivity index (χ3n) is 2.71. The minimum atomic E-state index is 0.501. The van der Waals surface area contributed by atoms with E-state index in [9.17, 15) is 0 Å². The van der Waals surface area contributed by atoms with E-state index < -0.39 is 0 Å². The van der Waals surface area contributed by atoms with Crippen molar-refractivity contribution in [3.8, 4) is 5.75 Å². The summed E-state index contributed by atoms with van der Waals surface area (Å²) >= 11 is 1.54. The van der Waals surface area contributed by atoms with Crippen LogP contribution in [0.2, 0.25) is 0 Å². The predicted molar refractivity (Wildman–Crippen MR) is 75.7 cm³/mol. The van der Waals surface area contributed by atoms with Gasteiger partial charge in [-0.05, 0) is 19.1 Å². The zero-order valence-corrected chi connectivity index (χ0v) is 11.4. The fourth-order valence-corrected chi connectivity index (χ4v) is 2.61. The normalized spacial score (nSPS) is 11.0. The van der Waals surface area contributed by atoms with Crippen molar-refractivity contribution < 1.29 is 4.74 Å². The summed E-state index contributed by atoms with van der Waals surface area (Å²) in [5, 5.41) is 5.39. The Morgan fingerprint density at radius 3 is 2.84 bits per heavy atom. The van der Waals surface area contributed by atoms with Gasteiger partial charge in [0.25, 0.3) is 0 Å². The lowest BCUT2D eigenvalue weighted by Gasteiger charge is -2.04. The quantitative estimate of drug-likeness (QED) is 0.793. The topological polar surface area (TPSA) is 65.4 Å². The van der Waals surface area contributed by atoms with Crippen molar-refractivity contribution >= 4 is 22.1 Å². The molecule has 2 aromatic heterocycles. The molecule has 2 N–H and O–H groups in total. The van der Waals surface area contributed by atoms with E-state index in [1.54, 1.807) is 10.7 Å². The summed E-state index contributed by atoms with van der Waals surface area (Å²) in [6.07, 6.45) is 2.48. The van der Waals surface area contributed by atoms with Crippen LogP contribution < -0.4 is 10.5 Å². The Hall–Kier alpha value is -2.08. The lowest BCUT2D eigenvalue weighted by Crippen LogP contribution is -2.01. The molecule has 0 aliphatic rings. The number of hydrogen-bond donors (Lipinski definition) is 1. The number of imidazole rings is 1. The fourth-order valence-electron chi connectivity index (χ4n) is 1.75. The maximum absolute atomic E-state index is 5.67. The Bertz CT molecular complexity index is 655. The second-order valence-electron chi connectivity index (χ2n) is 4.30. The minimum absolute atomic E-state index is 0.501. The van der Waals surface area contributed by atoms with E-state index in [0.717, 1.165) is 22.1 Å². The van der Waals surface area contributed by atoms with Crippen LogP contribution in [0, 0.1) is 6.92 Å². The van der Waals surface area contributed by atoms with Gasteiger partial charge in [0.05, 0.1) is 12.8 Å². The highest BCUT2D eigenvalue weighted by Gasteiger charge is 2.06. The van der Waals surface area contributed by atoms with Gasteiger partial charge in [0.2, 0.25) is 4.96 Å². The lowest BCUT2D eigenvalue weighted by atomic mass is 10.2. The summed E-state index contributed by atoms with van der Waals surface area (Å²) in [5.74, 6) is 1.39. The zero-order valence-electron chi connectivity index (χ0n) is 10.5. The fraction of sp³-hybridized carbons (Fsp3) is 0.231. The molecule has 0 saturated heterocycles. The molecule has 5 nitrogen and oxygen atoms in total. The Morgan fingerprint density at radius 1 is 1.32 bits per heavy atom. The molecular formula is C13H14N4OS. The molecule has 98 valence electrons. The van der Waals surface area contributed by atoms with Crippen LogP contribution in [0.3, 0.4) is 0 Å². The van der Waals surface area contributed by atoms with Gasteiger partial charge in [-0.2, -0.15) is 5.10 Å². The number of benzene rings is 1. The molecule has 1 aromatic carbocycles. The maximum Gasteiger partial charge on any atom is 0.214 e. The number of anilines is 1. The molecule has 0 atom stereocenters. The monoisotopic (exact) mass is 274 g/mol. The highest BCUT2D eigenvalue weighted by molar-refractivity contribution is 7.16. The van der Waals surface area contributed by atoms with Gasteiger partial charge in [0, 0.05) is 6.42 Å². The third-order valence-corrected chi connectivity index (χ3v) is 3.69. The van der Waals surface area contributed by atoms with Crippen molar-refractivity contribution in [3.63, 3.8) is 0 Å². The molecule has 0 aliphatic heterocycles. The Labute approximate surface area is 114 Å². The van der Waals surface area contributed by atoms with E-state index in [4.69, 9.17) is 10.5 Å². The molecule has 0 saturated carbocycles. The van der Waals surface area contributed by atoms with Gasteiger partial charge in [0.15, 0.2) is 0 Å². The SMILES string of the molecule is Cc1ccc(OCCc2nn3cc(N)nc3s2)cc1. The molecule has 3 rings (SSSR count). The van der Waals surface area contributed by atoms with Crippen molar-refractivity contribution in [1.29, 1.82) is 0 Å². The van der Waals surface area contributed by atoms with Gasteiger partial charge in [-0.3, -0.25) is 0 Å². The Morgan fingerprint density at radius 2 is 2.11 bits per heavy atom. The molecule has 3 aromatic rings. The molecule has 6 heteroatoms. The number of ether oxygens (including phenoxy) is 1. The Kier molecular flexibility index (Phi) is 3.08. The molecule has 19 heavy (non-hydrogen) atoms. The first-order valence-electron chi connectivity index (χ1n) is 6.01. The number of nitrogen functional groups attached to an aromatic ring is 1. The number of nitrogens with zero attached hydrogens (tertiary/aromatic N) is 3. The van der Waals surface area contributed by atoms with Crippen molar-refractivity contribution in [3.05, 3.63) is 41.0 Å². The van der Waals surface area contributed by atoms with Crippen molar-refractivity contribution in [2.75, 3.05) is 12.3 Å². The van der Waals surface area contributed by atoms with Gasteiger partial charge in [-0.25, -0.2) is 9.50 Å². The van der Waals surface area contributed by atoms with Crippen LogP contribution in [0.1, 0.15) is 10.6 Å². The summed E-state index contributed by atoms with van der Waals surface area (Å²) < 4.78 is 7.38. The summed E-state index contributed by atoms with van der Waals surface area (Å²) in [4.78, 5) is 4.99. The van der Waals surface area contributed by atoms with Crippen LogP contribution in [-0.2, 0) is 6.42 Å². The van der Waals surface area contributed by atoms with E-state index in [2.05, 4.69) is 17.0 Å². The van der Waals surface area contributed by atoms with E-state index in [0.29, 0.717) is 12.4 Å². The van der Waals surface area contributed by atoms with Gasteiger partial charge in [0.1, 0.15) is 16.6 Å². The van der Waals surface area contributed by atoms with E-state index in [1.165, 1.54) is 16.9 Å². The zero-order chi connectivity index (χ0) is 13.2. The maximum atomic E-state index is 5.67. The molecule has 0 radical (unpaired) electrons. The number of hydrogen-bond acceptors (Lipinski definition) is 5. The van der Waals surface area contributed by atoms with Gasteiger partial charge in [-0.15, -0.1) is 0 Å². The number of nitrogens with two attached hydrogens (primary N) is 1. The lowest BCUT2D eigenvalue weighted by molar-refractivity contribution is 0.321. The highest BCUT2D eigenvalue weighted by atomic mass is 32.1. The number of fused-ring (bicyclic) bond motifs is 1. The second kappa shape index (κ2) is 4.89. The summed E-state index contributed by atoms with van der Waals surface area (Å²) in [5.41, 5.74) is 6.81. The first kappa shape index (κ1) is 12.0. The number of aryl methyl sites for hydroxylation is 1. The molecule has 0 aliphatic carbocycles. The highest BCUT2D eigenvalue weighted by Crippen LogP contribution is 2.17. The molecule has 0 spiro atoms. The largest absolute Gasteiger partial charge is 0.493 e. The molecule has 0 fully saturated rings. The predicted octanol–water partition coefficient (Wildman–Crippen LogP) is 2.30. The van der Waals surface area contributed by atoms with E-state index in [-0.39, 0.29) is 0 Å². The van der Waals surface area contributed by atoms with Gasteiger partial charge < -0.3 is 10.5 Å². The second-order valence-corrected chi connectivity index (χ2v) is 5.34. The summed E-state index contributed by atoms with van der Waals surface area (Å²) in [6.45, 7) is 2.66. The molecule has 2 heterocycles. The Balaban J connectivity index is 1.59. The van der Waals surface area contributed by atoms with Crippen molar-refractivity contribution in [2.24, 2.45) is 0 Å². The average Bonchev–Trinajstić information content (AvgIpc) is 2.88. The number of rotatable bonds is 4. The van der Waals surface area contributed by atoms with Gasteiger partial charge >= 0.3 is 0 Å². The van der Waals surface area contributed by atoms with Crippen LogP contribution >= 0.6 is 11.3 Å².